The van der Waals surface area contributed by atoms with Crippen LogP contribution in [-0.2, 0) is 0 Å². The predicted molar refractivity (Wildman–Crippen MR) is 101 cm³/mol. The van der Waals surface area contributed by atoms with Gasteiger partial charge in [-0.05, 0) is 0 Å². The van der Waals surface area contributed by atoms with Crippen molar-refractivity contribution in [1.29, 1.82) is 0 Å². The van der Waals surface area contributed by atoms with E-state index in [1.54, 1.807) is 0 Å². The first-order valence-corrected chi connectivity index (χ1v) is 7.54. The number of nitro benzene ring substituents is 6. The average Bonchev–Trinajstić information content (AvgIpc) is 2.66. The number of hydrogen-bond donors (Lipinski definition) is 2. The fourth-order valence-corrected chi connectivity index (χ4v) is 2.12. The molecule has 0 saturated carbocycles. The molecular formula is C12H4MgN6O16. The largest absolute Gasteiger partial charge is 2.00 e. The van der Waals surface area contributed by atoms with Gasteiger partial charge in [-0.25, -0.2) is 0 Å². The van der Waals surface area contributed by atoms with Gasteiger partial charge >= 0.3 is 45.8 Å². The molecule has 0 heterocycles. The van der Waals surface area contributed by atoms with Crippen molar-refractivity contribution in [2.45, 2.75) is 0 Å². The molecule has 22 nitrogen and oxygen atoms in total. The fourth-order valence-electron chi connectivity index (χ4n) is 2.12. The van der Waals surface area contributed by atoms with Gasteiger partial charge in [-0.15, -0.1) is 0 Å². The van der Waals surface area contributed by atoms with E-state index >= 15 is 0 Å². The van der Waals surface area contributed by atoms with Crippen molar-refractivity contribution < 1.29 is 50.0 Å². The maximum atomic E-state index is 11.2. The number of nitrogens with zero attached hydrogens (tertiary/aromatic N) is 6. The predicted octanol–water partition coefficient (Wildman–Crippen LogP) is -0.000000000000000555. The molecule has 0 bridgehead atoms. The van der Waals surface area contributed by atoms with Crippen LogP contribution in [0.15, 0.2) is 12.1 Å². The molecule has 180 valence electrons. The molecule has 0 fully saturated rings. The Hall–Kier alpha value is -5.19. The SMILES string of the molecule is O=[N+]([O-])c1cc([N+](=O)[O-])c(O)c([N+](=O)[O-])c1[O-].O=[N+]([O-])c1cc([N+](=O)[O-])c(O)c([N+](=O)[O-])c1[O-].[Mg+2]. The molecule has 0 atom stereocenters. The second kappa shape index (κ2) is 11.1. The topological polar surface area (TPSA) is 345 Å². The van der Waals surface area contributed by atoms with Crippen LogP contribution < -0.4 is 10.2 Å². The average molecular weight is 512 g/mol. The van der Waals surface area contributed by atoms with Gasteiger partial charge in [0.15, 0.2) is 0 Å². The summed E-state index contributed by atoms with van der Waals surface area (Å²) in [5.74, 6) is -6.39. The summed E-state index contributed by atoms with van der Waals surface area (Å²) in [5.41, 5.74) is -8.43. The molecule has 2 N–H and O–H groups in total. The van der Waals surface area contributed by atoms with Crippen LogP contribution in [-0.4, -0.2) is 62.8 Å². The molecule has 0 spiro atoms. The molecule has 0 aliphatic carbocycles. The van der Waals surface area contributed by atoms with Crippen LogP contribution in [0.25, 0.3) is 0 Å². The third kappa shape index (κ3) is 5.99. The summed E-state index contributed by atoms with van der Waals surface area (Å²) in [6.07, 6.45) is 0. The molecule has 0 aliphatic heterocycles. The van der Waals surface area contributed by atoms with Crippen LogP contribution in [0.3, 0.4) is 0 Å². The molecule has 2 aromatic carbocycles. The summed E-state index contributed by atoms with van der Waals surface area (Å²) in [6.45, 7) is 0. The third-order valence-electron chi connectivity index (χ3n) is 3.53. The standard InChI is InChI=1S/2C6H3N3O8.Mg/c2*10-5-2(7(12)13)1-3(8(14)15)6(11)4(5)9(16)17;/h2*1,10-11H;/q;;+2/p-2. The monoisotopic (exact) mass is 512 g/mol. The van der Waals surface area contributed by atoms with Crippen LogP contribution in [0.1, 0.15) is 0 Å². The summed E-state index contributed by atoms with van der Waals surface area (Å²) < 4.78 is 0. The first kappa shape index (κ1) is 29.8. The van der Waals surface area contributed by atoms with Crippen LogP contribution in [0, 0.1) is 60.7 Å². The quantitative estimate of drug-likeness (QED) is 0.292. The van der Waals surface area contributed by atoms with Gasteiger partial charge in [-0.1, -0.05) is 0 Å². The minimum absolute atomic E-state index is 0. The van der Waals surface area contributed by atoms with E-state index in [-0.39, 0.29) is 35.2 Å². The first-order chi connectivity index (χ1) is 15.5. The van der Waals surface area contributed by atoms with Crippen molar-refractivity contribution in [2.24, 2.45) is 0 Å². The van der Waals surface area contributed by atoms with E-state index in [1.807, 2.05) is 0 Å². The van der Waals surface area contributed by atoms with E-state index in [4.69, 9.17) is 10.2 Å². The number of aromatic hydroxyl groups is 2. The molecule has 0 aromatic heterocycles. The van der Waals surface area contributed by atoms with E-state index in [9.17, 15) is 70.9 Å². The van der Waals surface area contributed by atoms with Crippen molar-refractivity contribution in [1.82, 2.24) is 0 Å². The Labute approximate surface area is 203 Å². The first-order valence-electron chi connectivity index (χ1n) is 7.54. The summed E-state index contributed by atoms with van der Waals surface area (Å²) >= 11 is 0. The van der Waals surface area contributed by atoms with Gasteiger partial charge in [0.05, 0.1) is 53.2 Å². The summed E-state index contributed by atoms with van der Waals surface area (Å²) in [6, 6.07) is 0.343. The van der Waals surface area contributed by atoms with Gasteiger partial charge in [0.2, 0.25) is 0 Å². The zero-order valence-electron chi connectivity index (χ0n) is 16.2. The number of phenols is 2. The third-order valence-corrected chi connectivity index (χ3v) is 3.53. The van der Waals surface area contributed by atoms with Gasteiger partial charge in [0, 0.05) is 0 Å². The van der Waals surface area contributed by atoms with Crippen molar-refractivity contribution in [2.75, 3.05) is 0 Å². The molecule has 2 rings (SSSR count). The molecule has 0 amide bonds. The smallest absolute Gasteiger partial charge is 0.863 e. The van der Waals surface area contributed by atoms with E-state index in [2.05, 4.69) is 0 Å². The van der Waals surface area contributed by atoms with Crippen LogP contribution in [0.5, 0.6) is 23.0 Å². The Balaban J connectivity index is 0.000000642. The maximum Gasteiger partial charge on any atom is 2.00 e. The maximum absolute atomic E-state index is 11.2. The Morgan fingerprint density at radius 3 is 0.886 bits per heavy atom. The summed E-state index contributed by atoms with van der Waals surface area (Å²) in [5, 5.41) is 103. The molecule has 23 heteroatoms. The van der Waals surface area contributed by atoms with Gasteiger partial charge in [0.25, 0.3) is 22.9 Å². The van der Waals surface area contributed by atoms with Crippen LogP contribution in [0.2, 0.25) is 0 Å². The summed E-state index contributed by atoms with van der Waals surface area (Å²) in [4.78, 5) is 54.3. The van der Waals surface area contributed by atoms with Crippen molar-refractivity contribution in [3.05, 3.63) is 72.8 Å². The van der Waals surface area contributed by atoms with Crippen molar-refractivity contribution >= 4 is 57.2 Å². The molecule has 35 heavy (non-hydrogen) atoms. The fraction of sp³-hybridized carbons (Fsp3) is 0. The van der Waals surface area contributed by atoms with Crippen molar-refractivity contribution in [3.63, 3.8) is 0 Å². The van der Waals surface area contributed by atoms with Gasteiger partial charge < -0.3 is 20.4 Å². The Bertz CT molecular complexity index is 1100. The number of rotatable bonds is 6. The number of nitro groups is 6. The van der Waals surface area contributed by atoms with E-state index in [0.717, 1.165) is 0 Å². The van der Waals surface area contributed by atoms with Gasteiger partial charge in [-0.2, -0.15) is 0 Å². The molecule has 0 unspecified atom stereocenters. The van der Waals surface area contributed by atoms with Crippen LogP contribution in [0.4, 0.5) is 34.1 Å². The van der Waals surface area contributed by atoms with Crippen LogP contribution >= 0.6 is 0 Å². The second-order valence-corrected chi connectivity index (χ2v) is 5.42. The van der Waals surface area contributed by atoms with E-state index in [1.165, 1.54) is 0 Å². The Kier molecular flexibility index (Phi) is 9.45. The molecule has 2 aromatic rings. The van der Waals surface area contributed by atoms with E-state index < -0.39 is 86.7 Å². The zero-order chi connectivity index (χ0) is 26.7. The van der Waals surface area contributed by atoms with E-state index in [0.29, 0.717) is 0 Å². The molecule has 0 saturated heterocycles. The number of phenolic OH excluding ortho intramolecular Hbond substituents is 2. The normalized spacial score (nSPS) is 9.60. The molecule has 0 radical (unpaired) electrons. The van der Waals surface area contributed by atoms with Crippen molar-refractivity contribution in [3.8, 4) is 23.0 Å². The number of benzene rings is 2. The second-order valence-electron chi connectivity index (χ2n) is 5.42. The molecular weight excluding hydrogens is 508 g/mol. The summed E-state index contributed by atoms with van der Waals surface area (Å²) in [7, 11) is 0. The zero-order valence-corrected chi connectivity index (χ0v) is 17.6. The molecule has 0 aliphatic rings. The van der Waals surface area contributed by atoms with Gasteiger partial charge in [-0.3, -0.25) is 60.7 Å². The minimum atomic E-state index is -1.69. The minimum Gasteiger partial charge on any atom is -0.863 e. The Morgan fingerprint density at radius 1 is 0.486 bits per heavy atom. The number of hydrogen-bond acceptors (Lipinski definition) is 16. The Morgan fingerprint density at radius 2 is 0.714 bits per heavy atom. The van der Waals surface area contributed by atoms with Gasteiger partial charge in [0.1, 0.15) is 0 Å².